The first-order chi connectivity index (χ1) is 12.0. The molecule has 0 saturated heterocycles. The number of fused-ring (bicyclic) bond motifs is 1. The number of amides is 4. The van der Waals surface area contributed by atoms with Gasteiger partial charge in [0.2, 0.25) is 11.8 Å². The summed E-state index contributed by atoms with van der Waals surface area (Å²) >= 11 is 0. The van der Waals surface area contributed by atoms with Crippen molar-refractivity contribution in [3.8, 4) is 0 Å². The molecule has 0 bridgehead atoms. The van der Waals surface area contributed by atoms with Gasteiger partial charge in [0.25, 0.3) is 0 Å². The van der Waals surface area contributed by atoms with Gasteiger partial charge in [-0.05, 0) is 30.9 Å². The first-order valence-corrected chi connectivity index (χ1v) is 8.77. The molecule has 1 heterocycles. The van der Waals surface area contributed by atoms with E-state index in [1.165, 1.54) is 4.90 Å². The van der Waals surface area contributed by atoms with Crippen molar-refractivity contribution in [2.24, 2.45) is 5.92 Å². The predicted molar refractivity (Wildman–Crippen MR) is 95.4 cm³/mol. The molecule has 3 rings (SSSR count). The van der Waals surface area contributed by atoms with Crippen molar-refractivity contribution in [3.05, 3.63) is 24.3 Å². The molecule has 2 atom stereocenters. The number of nitrogens with zero attached hydrogens (tertiary/aromatic N) is 1. The second-order valence-corrected chi connectivity index (χ2v) is 6.75. The zero-order chi connectivity index (χ0) is 18.0. The van der Waals surface area contributed by atoms with E-state index in [1.807, 2.05) is 19.9 Å². The van der Waals surface area contributed by atoms with E-state index in [-0.39, 0.29) is 30.3 Å². The first-order valence-electron chi connectivity index (χ1n) is 8.77. The minimum atomic E-state index is -0.616. The molecule has 7 nitrogen and oxygen atoms in total. The van der Waals surface area contributed by atoms with Crippen molar-refractivity contribution in [3.63, 3.8) is 0 Å². The number of benzene rings is 1. The predicted octanol–water partition coefficient (Wildman–Crippen LogP) is 1.85. The van der Waals surface area contributed by atoms with Crippen LogP contribution in [0, 0.1) is 5.92 Å². The standard InChI is InChI=1S/C18H24N4O3/c1-3-11(2)16(17(24)19-12-8-9-12)21-18(25)22-10-15(23)20-13-6-4-5-7-14(13)22/h4-7,11-12,16H,3,8-10H2,1-2H3,(H,19,24)(H,20,23)(H,21,25)/t11-,16-/m1/s1. The van der Waals surface area contributed by atoms with Crippen LogP contribution in [0.15, 0.2) is 24.3 Å². The summed E-state index contributed by atoms with van der Waals surface area (Å²) in [4.78, 5) is 38.6. The van der Waals surface area contributed by atoms with E-state index in [2.05, 4.69) is 16.0 Å². The molecule has 0 radical (unpaired) electrons. The molecule has 1 aromatic rings. The third-order valence-corrected chi connectivity index (χ3v) is 4.71. The van der Waals surface area contributed by atoms with Crippen LogP contribution in [0.2, 0.25) is 0 Å². The van der Waals surface area contributed by atoms with Gasteiger partial charge in [-0.2, -0.15) is 0 Å². The lowest BCUT2D eigenvalue weighted by Gasteiger charge is -2.32. The van der Waals surface area contributed by atoms with E-state index in [0.717, 1.165) is 19.3 Å². The molecule has 1 aliphatic heterocycles. The summed E-state index contributed by atoms with van der Waals surface area (Å²) in [6.07, 6.45) is 2.75. The molecule has 3 N–H and O–H groups in total. The van der Waals surface area contributed by atoms with Gasteiger partial charge in [0.05, 0.1) is 11.4 Å². The Hall–Kier alpha value is -2.57. The topological polar surface area (TPSA) is 90.5 Å². The molecule has 0 unspecified atom stereocenters. The van der Waals surface area contributed by atoms with Crippen LogP contribution in [0.3, 0.4) is 0 Å². The summed E-state index contributed by atoms with van der Waals surface area (Å²) in [5.41, 5.74) is 1.22. The summed E-state index contributed by atoms with van der Waals surface area (Å²) in [6, 6.07) is 6.31. The van der Waals surface area contributed by atoms with Gasteiger partial charge >= 0.3 is 6.03 Å². The number of para-hydroxylation sites is 2. The quantitative estimate of drug-likeness (QED) is 0.761. The van der Waals surface area contributed by atoms with Gasteiger partial charge in [0.15, 0.2) is 0 Å². The molecule has 134 valence electrons. The minimum absolute atomic E-state index is 0.00318. The Morgan fingerprint density at radius 1 is 1.32 bits per heavy atom. The van der Waals surface area contributed by atoms with Gasteiger partial charge in [-0.25, -0.2) is 4.79 Å². The monoisotopic (exact) mass is 344 g/mol. The largest absolute Gasteiger partial charge is 0.352 e. The third kappa shape index (κ3) is 3.92. The summed E-state index contributed by atoms with van der Waals surface area (Å²) in [7, 11) is 0. The van der Waals surface area contributed by atoms with Gasteiger partial charge in [0.1, 0.15) is 12.6 Å². The maximum absolute atomic E-state index is 12.8. The number of hydrogen-bond donors (Lipinski definition) is 3. The highest BCUT2D eigenvalue weighted by Crippen LogP contribution is 2.29. The summed E-state index contributed by atoms with van der Waals surface area (Å²) in [5.74, 6) is -0.409. The van der Waals surface area contributed by atoms with Gasteiger partial charge in [-0.15, -0.1) is 0 Å². The van der Waals surface area contributed by atoms with E-state index < -0.39 is 12.1 Å². The number of carbonyl (C=O) groups excluding carboxylic acids is 3. The smallest absolute Gasteiger partial charge is 0.323 e. The molecular weight excluding hydrogens is 320 g/mol. The lowest BCUT2D eigenvalue weighted by Crippen LogP contribution is -2.56. The Morgan fingerprint density at radius 2 is 2.04 bits per heavy atom. The number of anilines is 2. The molecule has 0 spiro atoms. The molecule has 4 amide bonds. The lowest BCUT2D eigenvalue weighted by molar-refractivity contribution is -0.124. The molecule has 0 aromatic heterocycles. The SMILES string of the molecule is CC[C@@H](C)[C@@H](NC(=O)N1CC(=O)Nc2ccccc21)C(=O)NC1CC1. The van der Waals surface area contributed by atoms with E-state index in [9.17, 15) is 14.4 Å². The normalized spacial score (nSPS) is 18.6. The number of hydrogen-bond acceptors (Lipinski definition) is 3. The molecular formula is C18H24N4O3. The molecule has 1 saturated carbocycles. The van der Waals surface area contributed by atoms with Crippen molar-refractivity contribution in [2.45, 2.75) is 45.2 Å². The third-order valence-electron chi connectivity index (χ3n) is 4.71. The molecule has 25 heavy (non-hydrogen) atoms. The number of rotatable bonds is 5. The number of nitrogens with one attached hydrogen (secondary N) is 3. The summed E-state index contributed by atoms with van der Waals surface area (Å²) in [5, 5.41) is 8.53. The van der Waals surface area contributed by atoms with Crippen molar-refractivity contribution in [2.75, 3.05) is 16.8 Å². The maximum atomic E-state index is 12.8. The fourth-order valence-corrected chi connectivity index (χ4v) is 2.85. The van der Waals surface area contributed by atoms with E-state index in [1.54, 1.807) is 18.2 Å². The van der Waals surface area contributed by atoms with Crippen LogP contribution in [-0.4, -0.2) is 36.5 Å². The van der Waals surface area contributed by atoms with Gasteiger partial charge < -0.3 is 16.0 Å². The van der Waals surface area contributed by atoms with Crippen molar-refractivity contribution in [1.82, 2.24) is 10.6 Å². The van der Waals surface area contributed by atoms with E-state index >= 15 is 0 Å². The lowest BCUT2D eigenvalue weighted by atomic mass is 9.98. The Labute approximate surface area is 147 Å². The fraction of sp³-hybridized carbons (Fsp3) is 0.500. The highest BCUT2D eigenvalue weighted by atomic mass is 16.2. The fourth-order valence-electron chi connectivity index (χ4n) is 2.85. The summed E-state index contributed by atoms with van der Waals surface area (Å²) < 4.78 is 0. The minimum Gasteiger partial charge on any atom is -0.352 e. The highest BCUT2D eigenvalue weighted by Gasteiger charge is 2.34. The van der Waals surface area contributed by atoms with E-state index in [0.29, 0.717) is 11.4 Å². The van der Waals surface area contributed by atoms with Crippen LogP contribution in [-0.2, 0) is 9.59 Å². The average Bonchev–Trinajstić information content (AvgIpc) is 3.41. The van der Waals surface area contributed by atoms with Crippen molar-refractivity contribution < 1.29 is 14.4 Å². The average molecular weight is 344 g/mol. The van der Waals surface area contributed by atoms with Crippen LogP contribution >= 0.6 is 0 Å². The van der Waals surface area contributed by atoms with Gasteiger partial charge in [-0.1, -0.05) is 32.4 Å². The van der Waals surface area contributed by atoms with Gasteiger partial charge in [0, 0.05) is 6.04 Å². The Bertz CT molecular complexity index is 687. The van der Waals surface area contributed by atoms with Crippen LogP contribution in [0.5, 0.6) is 0 Å². The van der Waals surface area contributed by atoms with Crippen LogP contribution in [0.4, 0.5) is 16.2 Å². The van der Waals surface area contributed by atoms with Crippen LogP contribution in [0.1, 0.15) is 33.1 Å². The van der Waals surface area contributed by atoms with Crippen LogP contribution in [0.25, 0.3) is 0 Å². The van der Waals surface area contributed by atoms with E-state index in [4.69, 9.17) is 0 Å². The molecule has 1 fully saturated rings. The maximum Gasteiger partial charge on any atom is 0.323 e. The summed E-state index contributed by atoms with van der Waals surface area (Å²) in [6.45, 7) is 3.85. The second kappa shape index (κ2) is 7.13. The molecule has 7 heteroatoms. The number of urea groups is 1. The Kier molecular flexibility index (Phi) is 4.92. The van der Waals surface area contributed by atoms with Crippen molar-refractivity contribution in [1.29, 1.82) is 0 Å². The Balaban J connectivity index is 1.76. The Morgan fingerprint density at radius 3 is 2.72 bits per heavy atom. The van der Waals surface area contributed by atoms with Gasteiger partial charge in [-0.3, -0.25) is 14.5 Å². The molecule has 2 aliphatic rings. The molecule has 1 aliphatic carbocycles. The van der Waals surface area contributed by atoms with Crippen LogP contribution < -0.4 is 20.9 Å². The van der Waals surface area contributed by atoms with Crippen molar-refractivity contribution >= 4 is 29.2 Å². The number of carbonyl (C=O) groups is 3. The second-order valence-electron chi connectivity index (χ2n) is 6.75. The first kappa shape index (κ1) is 17.3. The molecule has 1 aromatic carbocycles. The zero-order valence-corrected chi connectivity index (χ0v) is 14.5. The highest BCUT2D eigenvalue weighted by molar-refractivity contribution is 6.10. The zero-order valence-electron chi connectivity index (χ0n) is 14.5.